The third kappa shape index (κ3) is 3.90. The molecule has 1 amide bonds. The normalized spacial score (nSPS) is 12.2. The van der Waals surface area contributed by atoms with Gasteiger partial charge in [-0.05, 0) is 23.6 Å². The number of hydrogen-bond acceptors (Lipinski definition) is 1. The van der Waals surface area contributed by atoms with Gasteiger partial charge >= 0.3 is 0 Å². The molecule has 0 saturated carbocycles. The average molecular weight is 252 g/mol. The average Bonchev–Trinajstić information content (AvgIpc) is 2.29. The van der Waals surface area contributed by atoms with Gasteiger partial charge in [0.25, 0.3) is 0 Å². The molecule has 0 fully saturated rings. The minimum absolute atomic E-state index is 0.0298. The molecule has 1 N–H and O–H groups in total. The maximum Gasteiger partial charge on any atom is 0.228 e. The Morgan fingerprint density at radius 2 is 2.00 bits per heavy atom. The number of benzene rings is 1. The Morgan fingerprint density at radius 1 is 1.41 bits per heavy atom. The summed E-state index contributed by atoms with van der Waals surface area (Å²) in [5.74, 6) is 0.121. The van der Waals surface area contributed by atoms with Crippen molar-refractivity contribution in [1.82, 2.24) is 5.32 Å². The van der Waals surface area contributed by atoms with Crippen LogP contribution >= 0.6 is 11.6 Å². The summed E-state index contributed by atoms with van der Waals surface area (Å²) in [5.41, 5.74) is 0.992. The lowest BCUT2D eigenvalue weighted by Crippen LogP contribution is -2.32. The monoisotopic (exact) mass is 251 g/mol. The summed E-state index contributed by atoms with van der Waals surface area (Å²) in [6.45, 7) is 8.15. The molecule has 0 aliphatic carbocycles. The van der Waals surface area contributed by atoms with Crippen LogP contribution in [0.15, 0.2) is 36.9 Å². The first kappa shape index (κ1) is 13.8. The van der Waals surface area contributed by atoms with Crippen molar-refractivity contribution >= 4 is 17.5 Å². The molecule has 1 aromatic rings. The summed E-state index contributed by atoms with van der Waals surface area (Å²) in [6.07, 6.45) is 1.68. The van der Waals surface area contributed by atoms with Gasteiger partial charge in [-0.15, -0.1) is 6.58 Å². The van der Waals surface area contributed by atoms with E-state index < -0.39 is 0 Å². The van der Waals surface area contributed by atoms with E-state index in [1.54, 1.807) is 6.08 Å². The maximum absolute atomic E-state index is 12.0. The maximum atomic E-state index is 12.0. The fourth-order valence-electron chi connectivity index (χ4n) is 1.79. The number of hydrogen-bond donors (Lipinski definition) is 1. The lowest BCUT2D eigenvalue weighted by atomic mass is 9.87. The molecule has 0 spiro atoms. The number of carbonyl (C=O) groups is 1. The number of halogens is 1. The molecule has 3 heteroatoms. The van der Waals surface area contributed by atoms with Crippen LogP contribution < -0.4 is 5.32 Å². The van der Waals surface area contributed by atoms with E-state index in [4.69, 9.17) is 11.6 Å². The summed E-state index contributed by atoms with van der Waals surface area (Å²) in [6, 6.07) is 7.43. The molecule has 0 heterocycles. The molecule has 0 radical (unpaired) electrons. The van der Waals surface area contributed by atoms with Crippen molar-refractivity contribution < 1.29 is 4.79 Å². The van der Waals surface area contributed by atoms with Crippen molar-refractivity contribution in [2.24, 2.45) is 5.92 Å². The van der Waals surface area contributed by atoms with Gasteiger partial charge in [0.2, 0.25) is 5.91 Å². The molecule has 92 valence electrons. The fourth-order valence-corrected chi connectivity index (χ4v) is 1.92. The van der Waals surface area contributed by atoms with Crippen LogP contribution in [0.1, 0.15) is 25.3 Å². The Kier molecular flexibility index (Phi) is 5.23. The zero-order valence-corrected chi connectivity index (χ0v) is 11.0. The van der Waals surface area contributed by atoms with Crippen LogP contribution in [0, 0.1) is 5.92 Å². The molecule has 1 rings (SSSR count). The second-order valence-electron chi connectivity index (χ2n) is 4.31. The molecular weight excluding hydrogens is 234 g/mol. The highest BCUT2D eigenvalue weighted by atomic mass is 35.5. The lowest BCUT2D eigenvalue weighted by molar-refractivity contribution is -0.123. The first-order valence-corrected chi connectivity index (χ1v) is 6.08. The van der Waals surface area contributed by atoms with Crippen molar-refractivity contribution in [2.45, 2.75) is 19.8 Å². The molecule has 0 unspecified atom stereocenters. The second-order valence-corrected chi connectivity index (χ2v) is 4.74. The Balaban J connectivity index is 2.89. The Morgan fingerprint density at radius 3 is 2.47 bits per heavy atom. The van der Waals surface area contributed by atoms with Gasteiger partial charge in [0.15, 0.2) is 0 Å². The highest BCUT2D eigenvalue weighted by Crippen LogP contribution is 2.25. The van der Waals surface area contributed by atoms with Gasteiger partial charge in [0, 0.05) is 11.6 Å². The summed E-state index contributed by atoms with van der Waals surface area (Å²) in [7, 11) is 0. The van der Waals surface area contributed by atoms with Gasteiger partial charge in [-0.1, -0.05) is 43.7 Å². The highest BCUT2D eigenvalue weighted by molar-refractivity contribution is 6.30. The predicted octanol–water partition coefficient (Wildman–Crippen LogP) is 3.38. The van der Waals surface area contributed by atoms with Gasteiger partial charge in [-0.3, -0.25) is 4.79 Å². The molecule has 0 aliphatic rings. The van der Waals surface area contributed by atoms with Crippen molar-refractivity contribution in [1.29, 1.82) is 0 Å². The molecule has 1 aromatic carbocycles. The number of nitrogens with one attached hydrogen (secondary N) is 1. The Labute approximate surface area is 108 Å². The summed E-state index contributed by atoms with van der Waals surface area (Å²) < 4.78 is 0. The van der Waals surface area contributed by atoms with Gasteiger partial charge in [0.1, 0.15) is 0 Å². The van der Waals surface area contributed by atoms with Crippen LogP contribution in [0.25, 0.3) is 0 Å². The van der Waals surface area contributed by atoms with Crippen LogP contribution in [0.5, 0.6) is 0 Å². The van der Waals surface area contributed by atoms with Crippen molar-refractivity contribution in [2.75, 3.05) is 6.54 Å². The summed E-state index contributed by atoms with van der Waals surface area (Å²) in [5, 5.41) is 3.52. The van der Waals surface area contributed by atoms with E-state index in [9.17, 15) is 4.79 Å². The molecule has 17 heavy (non-hydrogen) atoms. The number of amides is 1. The van der Waals surface area contributed by atoms with Crippen molar-refractivity contribution in [3.05, 3.63) is 47.5 Å². The van der Waals surface area contributed by atoms with E-state index in [0.717, 1.165) is 5.56 Å². The second kappa shape index (κ2) is 6.45. The van der Waals surface area contributed by atoms with E-state index in [1.165, 1.54) is 0 Å². The number of carbonyl (C=O) groups excluding carboxylic acids is 1. The highest BCUT2D eigenvalue weighted by Gasteiger charge is 2.23. The molecular formula is C14H18ClNO. The summed E-state index contributed by atoms with van der Waals surface area (Å²) in [4.78, 5) is 12.0. The van der Waals surface area contributed by atoms with Crippen LogP contribution in [0.3, 0.4) is 0 Å². The third-order valence-electron chi connectivity index (χ3n) is 2.60. The molecule has 1 atom stereocenters. The third-order valence-corrected chi connectivity index (χ3v) is 2.85. The van der Waals surface area contributed by atoms with Gasteiger partial charge in [-0.2, -0.15) is 0 Å². The van der Waals surface area contributed by atoms with Crippen molar-refractivity contribution in [3.63, 3.8) is 0 Å². The molecule has 0 aromatic heterocycles. The van der Waals surface area contributed by atoms with E-state index in [0.29, 0.717) is 11.6 Å². The van der Waals surface area contributed by atoms with Gasteiger partial charge < -0.3 is 5.32 Å². The topological polar surface area (TPSA) is 29.1 Å². The minimum Gasteiger partial charge on any atom is -0.352 e. The Hall–Kier alpha value is -1.28. The van der Waals surface area contributed by atoms with Crippen LogP contribution in [-0.2, 0) is 4.79 Å². The molecule has 0 aliphatic heterocycles. The van der Waals surface area contributed by atoms with Crippen LogP contribution in [0.4, 0.5) is 0 Å². The lowest BCUT2D eigenvalue weighted by Gasteiger charge is -2.20. The van der Waals surface area contributed by atoms with Crippen LogP contribution in [-0.4, -0.2) is 12.5 Å². The quantitative estimate of drug-likeness (QED) is 0.799. The van der Waals surface area contributed by atoms with E-state index in [-0.39, 0.29) is 17.7 Å². The first-order valence-electron chi connectivity index (χ1n) is 5.70. The molecule has 2 nitrogen and oxygen atoms in total. The van der Waals surface area contributed by atoms with E-state index >= 15 is 0 Å². The number of rotatable bonds is 5. The zero-order chi connectivity index (χ0) is 12.8. The fraction of sp³-hybridized carbons (Fsp3) is 0.357. The molecule has 0 saturated heterocycles. The van der Waals surface area contributed by atoms with E-state index in [2.05, 4.69) is 11.9 Å². The zero-order valence-electron chi connectivity index (χ0n) is 10.2. The molecule has 0 bridgehead atoms. The Bertz CT molecular complexity index is 384. The standard InChI is InChI=1S/C14H18ClNO/c1-4-9-16-14(17)13(10(2)3)11-5-7-12(15)8-6-11/h4-8,10,13H,1,9H2,2-3H3,(H,16,17)/t13-/m0/s1. The van der Waals surface area contributed by atoms with Crippen LogP contribution in [0.2, 0.25) is 5.02 Å². The SMILES string of the molecule is C=CCNC(=O)[C@H](c1ccc(Cl)cc1)C(C)C. The minimum atomic E-state index is -0.146. The smallest absolute Gasteiger partial charge is 0.228 e. The largest absolute Gasteiger partial charge is 0.352 e. The summed E-state index contributed by atoms with van der Waals surface area (Å²) >= 11 is 5.85. The first-order chi connectivity index (χ1) is 8.06. The van der Waals surface area contributed by atoms with Crippen molar-refractivity contribution in [3.8, 4) is 0 Å². The van der Waals surface area contributed by atoms with E-state index in [1.807, 2.05) is 38.1 Å². The van der Waals surface area contributed by atoms with Gasteiger partial charge in [-0.25, -0.2) is 0 Å². The van der Waals surface area contributed by atoms with Gasteiger partial charge in [0.05, 0.1) is 5.92 Å². The predicted molar refractivity (Wildman–Crippen MR) is 72.2 cm³/mol.